The Morgan fingerprint density at radius 1 is 1.40 bits per heavy atom. The van der Waals surface area contributed by atoms with Gasteiger partial charge in [0, 0.05) is 18.2 Å². The summed E-state index contributed by atoms with van der Waals surface area (Å²) in [5.41, 5.74) is 1.95. The van der Waals surface area contributed by atoms with Gasteiger partial charge in [-0.05, 0) is 30.5 Å². The number of methoxy groups -OCH3 is 1. The Kier molecular flexibility index (Phi) is 1.75. The Hall–Kier alpha value is -1.51. The third-order valence-corrected chi connectivity index (χ3v) is 3.14. The number of benzene rings is 1. The van der Waals surface area contributed by atoms with Gasteiger partial charge in [0.25, 0.3) is 5.91 Å². The first-order chi connectivity index (χ1) is 7.29. The predicted octanol–water partition coefficient (Wildman–Crippen LogP) is 1.81. The van der Waals surface area contributed by atoms with Crippen molar-refractivity contribution in [2.75, 3.05) is 7.11 Å². The number of hydrogen-bond acceptors (Lipinski definition) is 2. The zero-order chi connectivity index (χ0) is 10.4. The zero-order valence-corrected chi connectivity index (χ0v) is 8.69. The van der Waals surface area contributed by atoms with Crippen LogP contribution in [0.3, 0.4) is 0 Å². The number of ether oxygens (including phenoxy) is 1. The van der Waals surface area contributed by atoms with Gasteiger partial charge in [0.2, 0.25) is 0 Å². The number of hydrogen-bond donors (Lipinski definition) is 0. The first-order valence-corrected chi connectivity index (χ1v) is 5.27. The van der Waals surface area contributed by atoms with Crippen molar-refractivity contribution in [1.29, 1.82) is 0 Å². The molecule has 3 rings (SSSR count). The fraction of sp³-hybridized carbons (Fsp3) is 0.417. The molecular formula is C12H13NO2. The van der Waals surface area contributed by atoms with E-state index in [9.17, 15) is 4.79 Å². The lowest BCUT2D eigenvalue weighted by Gasteiger charge is -2.13. The second-order valence-electron chi connectivity index (χ2n) is 4.19. The van der Waals surface area contributed by atoms with Crippen LogP contribution in [0, 0.1) is 0 Å². The number of carbonyl (C=O) groups is 1. The first-order valence-electron chi connectivity index (χ1n) is 5.27. The van der Waals surface area contributed by atoms with Crippen LogP contribution in [0.2, 0.25) is 0 Å². The quantitative estimate of drug-likeness (QED) is 0.733. The van der Waals surface area contributed by atoms with E-state index in [0.717, 1.165) is 36.3 Å². The number of amides is 1. The number of fused-ring (bicyclic) bond motifs is 1. The summed E-state index contributed by atoms with van der Waals surface area (Å²) in [6, 6.07) is 6.26. The summed E-state index contributed by atoms with van der Waals surface area (Å²) in [7, 11) is 1.62. The molecule has 1 aromatic rings. The maximum Gasteiger partial charge on any atom is 0.254 e. The van der Waals surface area contributed by atoms with E-state index < -0.39 is 0 Å². The average molecular weight is 203 g/mol. The zero-order valence-electron chi connectivity index (χ0n) is 8.69. The molecule has 3 heteroatoms. The van der Waals surface area contributed by atoms with Crippen LogP contribution in [0.15, 0.2) is 18.2 Å². The fourth-order valence-electron chi connectivity index (χ4n) is 2.11. The molecule has 0 radical (unpaired) electrons. The summed E-state index contributed by atoms with van der Waals surface area (Å²) in [5, 5.41) is 0. The predicted molar refractivity (Wildman–Crippen MR) is 55.9 cm³/mol. The molecule has 1 heterocycles. The van der Waals surface area contributed by atoms with Crippen LogP contribution in [0.25, 0.3) is 0 Å². The van der Waals surface area contributed by atoms with Crippen LogP contribution in [-0.2, 0) is 6.54 Å². The van der Waals surface area contributed by atoms with Gasteiger partial charge in [-0.1, -0.05) is 6.07 Å². The molecule has 0 bridgehead atoms. The molecule has 2 aliphatic rings. The van der Waals surface area contributed by atoms with Gasteiger partial charge >= 0.3 is 0 Å². The molecule has 1 amide bonds. The van der Waals surface area contributed by atoms with Gasteiger partial charge in [-0.2, -0.15) is 0 Å². The van der Waals surface area contributed by atoms with Crippen molar-refractivity contribution in [3.63, 3.8) is 0 Å². The van der Waals surface area contributed by atoms with Crippen molar-refractivity contribution in [3.8, 4) is 5.75 Å². The Morgan fingerprint density at radius 2 is 2.20 bits per heavy atom. The summed E-state index contributed by atoms with van der Waals surface area (Å²) < 4.78 is 5.13. The number of rotatable bonds is 2. The molecule has 0 N–H and O–H groups in total. The summed E-state index contributed by atoms with van der Waals surface area (Å²) in [6.07, 6.45) is 2.33. The Labute approximate surface area is 88.6 Å². The molecule has 0 aromatic heterocycles. The molecule has 1 aromatic carbocycles. The lowest BCUT2D eigenvalue weighted by molar-refractivity contribution is 0.0766. The molecule has 0 saturated heterocycles. The van der Waals surface area contributed by atoms with Gasteiger partial charge in [0.05, 0.1) is 7.11 Å². The third-order valence-electron chi connectivity index (χ3n) is 3.14. The van der Waals surface area contributed by atoms with Crippen molar-refractivity contribution in [3.05, 3.63) is 29.3 Å². The van der Waals surface area contributed by atoms with Crippen LogP contribution < -0.4 is 4.74 Å². The van der Waals surface area contributed by atoms with Gasteiger partial charge in [0.1, 0.15) is 5.75 Å². The van der Waals surface area contributed by atoms with Gasteiger partial charge in [0.15, 0.2) is 0 Å². The van der Waals surface area contributed by atoms with Crippen molar-refractivity contribution in [2.24, 2.45) is 0 Å². The van der Waals surface area contributed by atoms with E-state index >= 15 is 0 Å². The number of carbonyl (C=O) groups excluding carboxylic acids is 1. The second-order valence-corrected chi connectivity index (χ2v) is 4.19. The summed E-state index contributed by atoms with van der Waals surface area (Å²) in [4.78, 5) is 14.0. The van der Waals surface area contributed by atoms with Crippen LogP contribution in [0.4, 0.5) is 0 Å². The van der Waals surface area contributed by atoms with E-state index in [1.54, 1.807) is 7.11 Å². The van der Waals surface area contributed by atoms with Gasteiger partial charge in [-0.3, -0.25) is 4.79 Å². The van der Waals surface area contributed by atoms with Crippen molar-refractivity contribution >= 4 is 5.91 Å². The minimum Gasteiger partial charge on any atom is -0.497 e. The van der Waals surface area contributed by atoms with Crippen molar-refractivity contribution in [2.45, 2.75) is 25.4 Å². The molecule has 0 atom stereocenters. The summed E-state index contributed by atoms with van der Waals surface area (Å²) in [5.74, 6) is 0.936. The second kappa shape index (κ2) is 2.99. The van der Waals surface area contributed by atoms with E-state index in [0.29, 0.717) is 6.04 Å². The van der Waals surface area contributed by atoms with Crippen LogP contribution in [0.1, 0.15) is 28.8 Å². The number of nitrogens with zero attached hydrogens (tertiary/aromatic N) is 1. The van der Waals surface area contributed by atoms with Crippen molar-refractivity contribution < 1.29 is 9.53 Å². The molecule has 3 nitrogen and oxygen atoms in total. The fourth-order valence-corrected chi connectivity index (χ4v) is 2.11. The highest BCUT2D eigenvalue weighted by molar-refractivity contribution is 5.99. The standard InChI is InChI=1S/C12H13NO2/c1-15-10-5-2-8-7-13(9-3-4-9)12(14)11(8)6-10/h2,5-6,9H,3-4,7H2,1H3. The minimum atomic E-state index is 0.173. The molecule has 0 spiro atoms. The Balaban J connectivity index is 1.97. The first kappa shape index (κ1) is 8.77. The average Bonchev–Trinajstić information content (AvgIpc) is 3.05. The SMILES string of the molecule is COc1ccc2c(c1)C(=O)N(C1CC1)C2. The lowest BCUT2D eigenvalue weighted by Crippen LogP contribution is -2.25. The summed E-state index contributed by atoms with van der Waals surface area (Å²) in [6.45, 7) is 0.781. The largest absolute Gasteiger partial charge is 0.497 e. The topological polar surface area (TPSA) is 29.5 Å². The maximum absolute atomic E-state index is 12.0. The Morgan fingerprint density at radius 3 is 2.87 bits per heavy atom. The van der Waals surface area contributed by atoms with E-state index in [4.69, 9.17) is 4.74 Å². The van der Waals surface area contributed by atoms with Crippen LogP contribution >= 0.6 is 0 Å². The highest BCUT2D eigenvalue weighted by Gasteiger charge is 2.38. The van der Waals surface area contributed by atoms with Crippen molar-refractivity contribution in [1.82, 2.24) is 4.90 Å². The molecule has 1 saturated carbocycles. The van der Waals surface area contributed by atoms with E-state index in [-0.39, 0.29) is 5.91 Å². The lowest BCUT2D eigenvalue weighted by atomic mass is 10.1. The smallest absolute Gasteiger partial charge is 0.254 e. The van der Waals surface area contributed by atoms with Crippen LogP contribution in [0.5, 0.6) is 5.75 Å². The highest BCUT2D eigenvalue weighted by Crippen LogP contribution is 2.35. The molecular weight excluding hydrogens is 190 g/mol. The van der Waals surface area contributed by atoms with E-state index in [2.05, 4.69) is 0 Å². The van der Waals surface area contributed by atoms with Gasteiger partial charge < -0.3 is 9.64 Å². The summed E-state index contributed by atoms with van der Waals surface area (Å²) >= 11 is 0. The third kappa shape index (κ3) is 1.30. The van der Waals surface area contributed by atoms with Crippen LogP contribution in [-0.4, -0.2) is 24.0 Å². The molecule has 1 aliphatic heterocycles. The van der Waals surface area contributed by atoms with E-state index in [1.165, 1.54) is 0 Å². The normalized spacial score (nSPS) is 19.3. The molecule has 0 unspecified atom stereocenters. The molecule has 1 aliphatic carbocycles. The van der Waals surface area contributed by atoms with E-state index in [1.807, 2.05) is 23.1 Å². The molecule has 78 valence electrons. The Bertz CT molecular complexity index is 424. The molecule has 15 heavy (non-hydrogen) atoms. The minimum absolute atomic E-state index is 0.173. The van der Waals surface area contributed by atoms with Gasteiger partial charge in [-0.15, -0.1) is 0 Å². The van der Waals surface area contributed by atoms with Gasteiger partial charge in [-0.25, -0.2) is 0 Å². The highest BCUT2D eigenvalue weighted by atomic mass is 16.5. The maximum atomic E-state index is 12.0. The molecule has 1 fully saturated rings. The monoisotopic (exact) mass is 203 g/mol.